The van der Waals surface area contributed by atoms with Gasteiger partial charge in [0.25, 0.3) is 15.6 Å². The Morgan fingerprint density at radius 1 is 0.955 bits per heavy atom. The predicted octanol–water partition coefficient (Wildman–Crippen LogP) is 2.25. The van der Waals surface area contributed by atoms with Crippen LogP contribution in [-0.4, -0.2) is 17.4 Å². The molecule has 2 aromatic carbocycles. The fourth-order valence-electron chi connectivity index (χ4n) is 2.27. The Bertz CT molecular complexity index is 1020. The minimum atomic E-state index is -3.96. The van der Waals surface area contributed by atoms with Crippen LogP contribution in [-0.2, 0) is 10.0 Å². The molecule has 0 saturated carbocycles. The molecular weight excluding hydrogens is 300 g/mol. The Balaban J connectivity index is 2.36. The third kappa shape index (κ3) is 2.31. The van der Waals surface area contributed by atoms with Crippen molar-refractivity contribution in [1.29, 1.82) is 0 Å². The minimum absolute atomic E-state index is 0.0771. The SMILES string of the molecule is Cc1ccc(S(=O)(=O)n2c(=O)cnc3cc(C)ccc32)cc1. The molecule has 0 aliphatic rings. The van der Waals surface area contributed by atoms with Gasteiger partial charge in [-0.15, -0.1) is 0 Å². The van der Waals surface area contributed by atoms with Gasteiger partial charge in [-0.1, -0.05) is 23.8 Å². The molecule has 5 nitrogen and oxygen atoms in total. The van der Waals surface area contributed by atoms with Crippen LogP contribution < -0.4 is 5.56 Å². The van der Waals surface area contributed by atoms with Gasteiger partial charge in [-0.25, -0.2) is 13.4 Å². The number of rotatable bonds is 2. The van der Waals surface area contributed by atoms with Crippen LogP contribution in [0.5, 0.6) is 0 Å². The fraction of sp³-hybridized carbons (Fsp3) is 0.125. The van der Waals surface area contributed by atoms with Gasteiger partial charge < -0.3 is 0 Å². The van der Waals surface area contributed by atoms with Crippen molar-refractivity contribution < 1.29 is 8.42 Å². The molecule has 6 heteroatoms. The van der Waals surface area contributed by atoms with Crippen molar-refractivity contribution in [3.05, 3.63) is 70.1 Å². The number of aryl methyl sites for hydroxylation is 2. The lowest BCUT2D eigenvalue weighted by Crippen LogP contribution is -2.27. The molecule has 1 aromatic heterocycles. The van der Waals surface area contributed by atoms with E-state index in [1.807, 2.05) is 13.8 Å². The number of benzene rings is 2. The van der Waals surface area contributed by atoms with Crippen molar-refractivity contribution in [1.82, 2.24) is 8.96 Å². The van der Waals surface area contributed by atoms with E-state index in [1.165, 1.54) is 12.1 Å². The van der Waals surface area contributed by atoms with E-state index in [4.69, 9.17) is 0 Å². The second-order valence-corrected chi connectivity index (χ2v) is 6.96. The van der Waals surface area contributed by atoms with Crippen molar-refractivity contribution in [3.63, 3.8) is 0 Å². The van der Waals surface area contributed by atoms with Crippen LogP contribution in [0.1, 0.15) is 11.1 Å². The third-order valence-electron chi connectivity index (χ3n) is 3.42. The van der Waals surface area contributed by atoms with Gasteiger partial charge in [0.1, 0.15) is 0 Å². The maximum Gasteiger partial charge on any atom is 0.283 e. The third-order valence-corrected chi connectivity index (χ3v) is 5.15. The molecule has 0 radical (unpaired) electrons. The van der Waals surface area contributed by atoms with Crippen LogP contribution in [0.15, 0.2) is 58.4 Å². The zero-order valence-electron chi connectivity index (χ0n) is 12.1. The highest BCUT2D eigenvalue weighted by Gasteiger charge is 2.21. The molecule has 3 aromatic rings. The minimum Gasteiger partial charge on any atom is -0.266 e. The van der Waals surface area contributed by atoms with E-state index < -0.39 is 15.6 Å². The Labute approximate surface area is 127 Å². The van der Waals surface area contributed by atoms with Gasteiger partial charge in [-0.05, 0) is 43.7 Å². The van der Waals surface area contributed by atoms with Crippen LogP contribution in [0.2, 0.25) is 0 Å². The summed E-state index contributed by atoms with van der Waals surface area (Å²) in [7, 11) is -3.96. The molecule has 0 aliphatic heterocycles. The van der Waals surface area contributed by atoms with Crippen LogP contribution in [0.3, 0.4) is 0 Å². The molecule has 1 heterocycles. The van der Waals surface area contributed by atoms with Crippen LogP contribution >= 0.6 is 0 Å². The Kier molecular flexibility index (Phi) is 3.33. The molecule has 22 heavy (non-hydrogen) atoms. The summed E-state index contributed by atoms with van der Waals surface area (Å²) < 4.78 is 26.4. The monoisotopic (exact) mass is 314 g/mol. The number of hydrogen-bond donors (Lipinski definition) is 0. The molecular formula is C16H14N2O3S. The molecule has 112 valence electrons. The first-order valence-electron chi connectivity index (χ1n) is 6.70. The number of fused-ring (bicyclic) bond motifs is 1. The van der Waals surface area contributed by atoms with Gasteiger partial charge in [0.2, 0.25) is 0 Å². The van der Waals surface area contributed by atoms with E-state index in [1.54, 1.807) is 30.3 Å². The van der Waals surface area contributed by atoms with Crippen molar-refractivity contribution in [2.75, 3.05) is 0 Å². The highest BCUT2D eigenvalue weighted by atomic mass is 32.2. The summed E-state index contributed by atoms with van der Waals surface area (Å²) >= 11 is 0. The Morgan fingerprint density at radius 2 is 1.59 bits per heavy atom. The highest BCUT2D eigenvalue weighted by molar-refractivity contribution is 7.90. The molecule has 0 unspecified atom stereocenters. The molecule has 3 rings (SSSR count). The lowest BCUT2D eigenvalue weighted by molar-refractivity contribution is 0.587. The van der Waals surface area contributed by atoms with Gasteiger partial charge in [0, 0.05) is 0 Å². The molecule has 0 atom stereocenters. The van der Waals surface area contributed by atoms with Crippen molar-refractivity contribution in [2.24, 2.45) is 0 Å². The smallest absolute Gasteiger partial charge is 0.266 e. The molecule has 0 N–H and O–H groups in total. The van der Waals surface area contributed by atoms with E-state index in [2.05, 4.69) is 4.98 Å². The number of nitrogens with zero attached hydrogens (tertiary/aromatic N) is 2. The lowest BCUT2D eigenvalue weighted by atomic mass is 10.2. The second-order valence-electron chi connectivity index (χ2n) is 5.17. The Morgan fingerprint density at radius 3 is 2.27 bits per heavy atom. The quantitative estimate of drug-likeness (QED) is 0.727. The average Bonchev–Trinajstić information content (AvgIpc) is 2.47. The van der Waals surface area contributed by atoms with Crippen molar-refractivity contribution >= 4 is 21.1 Å². The molecule has 0 spiro atoms. The van der Waals surface area contributed by atoms with Crippen molar-refractivity contribution in [2.45, 2.75) is 18.7 Å². The standard InChI is InChI=1S/C16H14N2O3S/c1-11-3-6-13(7-4-11)22(20,21)18-15-8-5-12(2)9-14(15)17-10-16(18)19/h3-10H,1-2H3. The first-order chi connectivity index (χ1) is 10.4. The first kappa shape index (κ1) is 14.5. The van der Waals surface area contributed by atoms with E-state index in [9.17, 15) is 13.2 Å². The van der Waals surface area contributed by atoms with Gasteiger partial charge in [0.05, 0.1) is 22.1 Å². The average molecular weight is 314 g/mol. The van der Waals surface area contributed by atoms with Crippen LogP contribution in [0.25, 0.3) is 11.0 Å². The summed E-state index contributed by atoms with van der Waals surface area (Å²) in [5.41, 5.74) is 1.96. The summed E-state index contributed by atoms with van der Waals surface area (Å²) in [4.78, 5) is 16.2. The van der Waals surface area contributed by atoms with E-state index >= 15 is 0 Å². The zero-order chi connectivity index (χ0) is 15.9. The Hall–Kier alpha value is -2.47. The van der Waals surface area contributed by atoms with Crippen LogP contribution in [0, 0.1) is 13.8 Å². The summed E-state index contributed by atoms with van der Waals surface area (Å²) in [6.45, 7) is 3.75. The largest absolute Gasteiger partial charge is 0.283 e. The number of hydrogen-bond acceptors (Lipinski definition) is 4. The normalized spacial score (nSPS) is 11.7. The predicted molar refractivity (Wildman–Crippen MR) is 84.5 cm³/mol. The van der Waals surface area contributed by atoms with Crippen LogP contribution in [0.4, 0.5) is 0 Å². The summed E-state index contributed by atoms with van der Waals surface area (Å²) in [5.74, 6) is 0. The second kappa shape index (κ2) is 5.06. The van der Waals surface area contributed by atoms with E-state index in [0.717, 1.165) is 21.3 Å². The summed E-state index contributed by atoms with van der Waals surface area (Å²) in [5, 5.41) is 0. The maximum absolute atomic E-state index is 12.8. The molecule has 0 aliphatic carbocycles. The zero-order valence-corrected chi connectivity index (χ0v) is 13.0. The summed E-state index contributed by atoms with van der Waals surface area (Å²) in [6, 6.07) is 11.5. The molecule has 0 saturated heterocycles. The molecule has 0 fully saturated rings. The van der Waals surface area contributed by atoms with E-state index in [-0.39, 0.29) is 10.4 Å². The maximum atomic E-state index is 12.8. The van der Waals surface area contributed by atoms with Gasteiger partial charge in [-0.2, -0.15) is 3.97 Å². The first-order valence-corrected chi connectivity index (χ1v) is 8.14. The molecule has 0 amide bonds. The van der Waals surface area contributed by atoms with Gasteiger partial charge >= 0.3 is 0 Å². The van der Waals surface area contributed by atoms with Crippen molar-refractivity contribution in [3.8, 4) is 0 Å². The van der Waals surface area contributed by atoms with Gasteiger partial charge in [-0.3, -0.25) is 4.79 Å². The number of aromatic nitrogens is 2. The van der Waals surface area contributed by atoms with Gasteiger partial charge in [0.15, 0.2) is 0 Å². The van der Waals surface area contributed by atoms with E-state index in [0.29, 0.717) is 5.52 Å². The summed E-state index contributed by atoms with van der Waals surface area (Å²) in [6.07, 6.45) is 1.04. The molecule has 0 bridgehead atoms. The highest BCUT2D eigenvalue weighted by Crippen LogP contribution is 2.18. The lowest BCUT2D eigenvalue weighted by Gasteiger charge is -2.11. The topological polar surface area (TPSA) is 69.0 Å². The fourth-order valence-corrected chi connectivity index (χ4v) is 3.66.